The molecular formula is C18H28N2O6. The smallest absolute Gasteiger partial charge is 0.249 e. The standard InChI is InChI=1S/C18H28N2O6/c1-10(8-12-6-4-3-5-7-12)20-17(23)11(2)25-16-14(19)18(24)26-13(9-21)15(16)22/h3-7,10-11,13-16,18,21-22,24H,8-9,19H2,1-2H3,(H,20,23)/t10-,11+,13?,14-,15+,16?,18+/m0/s1. The molecule has 2 rings (SSSR count). The number of hydrogen-bond acceptors (Lipinski definition) is 7. The van der Waals surface area contributed by atoms with E-state index in [2.05, 4.69) is 5.32 Å². The van der Waals surface area contributed by atoms with Crippen molar-refractivity contribution in [3.8, 4) is 0 Å². The molecule has 1 aromatic rings. The number of benzene rings is 1. The summed E-state index contributed by atoms with van der Waals surface area (Å²) in [5.74, 6) is -0.352. The number of nitrogens with two attached hydrogens (primary N) is 1. The van der Waals surface area contributed by atoms with Gasteiger partial charge in [0.25, 0.3) is 0 Å². The largest absolute Gasteiger partial charge is 0.394 e. The summed E-state index contributed by atoms with van der Waals surface area (Å²) in [4.78, 5) is 12.4. The summed E-state index contributed by atoms with van der Waals surface area (Å²) in [7, 11) is 0. The molecule has 1 aliphatic heterocycles. The highest BCUT2D eigenvalue weighted by atomic mass is 16.6. The maximum Gasteiger partial charge on any atom is 0.249 e. The highest BCUT2D eigenvalue weighted by Gasteiger charge is 2.44. The van der Waals surface area contributed by atoms with Crippen LogP contribution in [0.2, 0.25) is 0 Å². The Morgan fingerprint density at radius 2 is 1.96 bits per heavy atom. The summed E-state index contributed by atoms with van der Waals surface area (Å²) < 4.78 is 10.6. The van der Waals surface area contributed by atoms with Crippen LogP contribution in [-0.4, -0.2) is 70.6 Å². The van der Waals surface area contributed by atoms with E-state index in [1.165, 1.54) is 0 Å². The van der Waals surface area contributed by atoms with Gasteiger partial charge < -0.3 is 35.8 Å². The van der Waals surface area contributed by atoms with Crippen molar-refractivity contribution in [2.75, 3.05) is 6.61 Å². The minimum absolute atomic E-state index is 0.111. The third kappa shape index (κ3) is 5.23. The van der Waals surface area contributed by atoms with Crippen molar-refractivity contribution in [2.45, 2.75) is 63.1 Å². The lowest BCUT2D eigenvalue weighted by Gasteiger charge is -2.41. The Bertz CT molecular complexity index is 572. The second-order valence-electron chi connectivity index (χ2n) is 6.66. The molecular weight excluding hydrogens is 340 g/mol. The normalized spacial score (nSPS) is 31.2. The van der Waals surface area contributed by atoms with Crippen molar-refractivity contribution < 1.29 is 29.6 Å². The first-order chi connectivity index (χ1) is 12.3. The Balaban J connectivity index is 1.90. The van der Waals surface area contributed by atoms with E-state index < -0.39 is 43.4 Å². The van der Waals surface area contributed by atoms with Gasteiger partial charge in [0.05, 0.1) is 12.6 Å². The first kappa shape index (κ1) is 20.8. The zero-order chi connectivity index (χ0) is 19.3. The van der Waals surface area contributed by atoms with E-state index >= 15 is 0 Å². The average molecular weight is 368 g/mol. The number of carbonyl (C=O) groups excluding carboxylic acids is 1. The molecule has 26 heavy (non-hydrogen) atoms. The SMILES string of the molecule is C[C@@H](Cc1ccccc1)NC(=O)[C@@H](C)OC1[C@H](O)C(CO)O[C@@H](O)[C@H]1N. The van der Waals surface area contributed by atoms with Crippen LogP contribution in [0.3, 0.4) is 0 Å². The zero-order valence-corrected chi connectivity index (χ0v) is 15.0. The summed E-state index contributed by atoms with van der Waals surface area (Å²) in [6.07, 6.45) is -4.95. The van der Waals surface area contributed by atoms with Crippen molar-refractivity contribution >= 4 is 5.91 Å². The fraction of sp³-hybridized carbons (Fsp3) is 0.611. The van der Waals surface area contributed by atoms with Crippen LogP contribution >= 0.6 is 0 Å². The molecule has 1 saturated heterocycles. The first-order valence-electron chi connectivity index (χ1n) is 8.71. The van der Waals surface area contributed by atoms with Crippen LogP contribution in [0, 0.1) is 0 Å². The lowest BCUT2D eigenvalue weighted by molar-refractivity contribution is -0.261. The molecule has 8 heteroatoms. The number of aliphatic hydroxyl groups excluding tert-OH is 3. The molecule has 8 nitrogen and oxygen atoms in total. The molecule has 1 aromatic carbocycles. The molecule has 0 aromatic heterocycles. The van der Waals surface area contributed by atoms with Gasteiger partial charge >= 0.3 is 0 Å². The molecule has 2 unspecified atom stereocenters. The van der Waals surface area contributed by atoms with Crippen molar-refractivity contribution in [3.63, 3.8) is 0 Å². The van der Waals surface area contributed by atoms with Crippen LogP contribution in [0.4, 0.5) is 0 Å². The topological polar surface area (TPSA) is 134 Å². The van der Waals surface area contributed by atoms with Crippen molar-refractivity contribution in [1.82, 2.24) is 5.32 Å². The molecule has 0 radical (unpaired) electrons. The van der Waals surface area contributed by atoms with E-state index in [0.29, 0.717) is 6.42 Å². The number of ether oxygens (including phenoxy) is 2. The van der Waals surface area contributed by atoms with Gasteiger partial charge in [-0.25, -0.2) is 0 Å². The van der Waals surface area contributed by atoms with E-state index in [4.69, 9.17) is 15.2 Å². The Hall–Kier alpha value is -1.55. The van der Waals surface area contributed by atoms with Gasteiger partial charge in [-0.1, -0.05) is 30.3 Å². The van der Waals surface area contributed by atoms with Crippen LogP contribution < -0.4 is 11.1 Å². The van der Waals surface area contributed by atoms with E-state index in [9.17, 15) is 20.1 Å². The summed E-state index contributed by atoms with van der Waals surface area (Å²) in [6, 6.07) is 8.62. The summed E-state index contributed by atoms with van der Waals surface area (Å²) in [5, 5.41) is 32.0. The summed E-state index contributed by atoms with van der Waals surface area (Å²) >= 11 is 0. The number of nitrogens with one attached hydrogen (secondary N) is 1. The molecule has 1 amide bonds. The molecule has 0 bridgehead atoms. The first-order valence-corrected chi connectivity index (χ1v) is 8.71. The van der Waals surface area contributed by atoms with Crippen molar-refractivity contribution in [2.24, 2.45) is 5.73 Å². The Morgan fingerprint density at radius 1 is 1.31 bits per heavy atom. The third-order valence-corrected chi connectivity index (χ3v) is 4.42. The molecule has 7 atom stereocenters. The molecule has 1 heterocycles. The second-order valence-corrected chi connectivity index (χ2v) is 6.66. The molecule has 1 aliphatic rings. The minimum Gasteiger partial charge on any atom is -0.394 e. The fourth-order valence-electron chi connectivity index (χ4n) is 2.95. The molecule has 1 fully saturated rings. The van der Waals surface area contributed by atoms with Crippen LogP contribution in [0.15, 0.2) is 30.3 Å². The summed E-state index contributed by atoms with van der Waals surface area (Å²) in [6.45, 7) is 2.93. The van der Waals surface area contributed by atoms with E-state index in [0.717, 1.165) is 5.56 Å². The van der Waals surface area contributed by atoms with Gasteiger partial charge in [-0.3, -0.25) is 4.79 Å². The minimum atomic E-state index is -1.40. The van der Waals surface area contributed by atoms with Gasteiger partial charge in [0.1, 0.15) is 24.4 Å². The van der Waals surface area contributed by atoms with Crippen molar-refractivity contribution in [1.29, 1.82) is 0 Å². The van der Waals surface area contributed by atoms with E-state index in [-0.39, 0.29) is 11.9 Å². The number of hydrogen-bond donors (Lipinski definition) is 5. The van der Waals surface area contributed by atoms with Gasteiger partial charge in [0, 0.05) is 6.04 Å². The average Bonchev–Trinajstić information content (AvgIpc) is 2.62. The van der Waals surface area contributed by atoms with Crippen LogP contribution in [-0.2, 0) is 20.7 Å². The Kier molecular flexibility index (Phi) is 7.51. The number of amides is 1. The summed E-state index contributed by atoms with van der Waals surface area (Å²) in [5.41, 5.74) is 6.91. The highest BCUT2D eigenvalue weighted by molar-refractivity contribution is 5.80. The molecule has 0 spiro atoms. The fourth-order valence-corrected chi connectivity index (χ4v) is 2.95. The van der Waals surface area contributed by atoms with Gasteiger partial charge in [0.15, 0.2) is 6.29 Å². The predicted octanol–water partition coefficient (Wildman–Crippen LogP) is -1.09. The Labute approximate surface area is 152 Å². The lowest BCUT2D eigenvalue weighted by atomic mass is 9.97. The third-order valence-electron chi connectivity index (χ3n) is 4.42. The van der Waals surface area contributed by atoms with Crippen LogP contribution in [0.1, 0.15) is 19.4 Å². The maximum atomic E-state index is 12.4. The van der Waals surface area contributed by atoms with Gasteiger partial charge in [-0.15, -0.1) is 0 Å². The van der Waals surface area contributed by atoms with Gasteiger partial charge in [-0.2, -0.15) is 0 Å². The number of carbonyl (C=O) groups is 1. The zero-order valence-electron chi connectivity index (χ0n) is 15.0. The molecule has 146 valence electrons. The van der Waals surface area contributed by atoms with Gasteiger partial charge in [-0.05, 0) is 25.8 Å². The molecule has 0 aliphatic carbocycles. The highest BCUT2D eigenvalue weighted by Crippen LogP contribution is 2.22. The second kappa shape index (κ2) is 9.40. The van der Waals surface area contributed by atoms with E-state index in [1.807, 2.05) is 37.3 Å². The van der Waals surface area contributed by atoms with Gasteiger partial charge in [0.2, 0.25) is 5.91 Å². The predicted molar refractivity (Wildman–Crippen MR) is 94.0 cm³/mol. The van der Waals surface area contributed by atoms with E-state index in [1.54, 1.807) is 6.92 Å². The molecule has 6 N–H and O–H groups in total. The lowest BCUT2D eigenvalue weighted by Crippen LogP contribution is -2.63. The molecule has 0 saturated carbocycles. The monoisotopic (exact) mass is 368 g/mol. The van der Waals surface area contributed by atoms with Crippen LogP contribution in [0.25, 0.3) is 0 Å². The number of aliphatic hydroxyl groups is 3. The quantitative estimate of drug-likeness (QED) is 0.413. The van der Waals surface area contributed by atoms with Crippen molar-refractivity contribution in [3.05, 3.63) is 35.9 Å². The number of rotatable bonds is 7. The maximum absolute atomic E-state index is 12.4. The Morgan fingerprint density at radius 3 is 2.58 bits per heavy atom. The van der Waals surface area contributed by atoms with Crippen LogP contribution in [0.5, 0.6) is 0 Å².